The van der Waals surface area contributed by atoms with E-state index in [1.165, 1.54) is 5.56 Å². The summed E-state index contributed by atoms with van der Waals surface area (Å²) in [7, 11) is 0. The van der Waals surface area contributed by atoms with Crippen LogP contribution in [0.2, 0.25) is 0 Å². The van der Waals surface area contributed by atoms with Gasteiger partial charge in [0.2, 0.25) is 0 Å². The number of aromatic nitrogens is 1. The second-order valence-corrected chi connectivity index (χ2v) is 5.52. The lowest BCUT2D eigenvalue weighted by atomic mass is 9.96. The molecule has 0 saturated carbocycles. The number of pyridine rings is 1. The predicted molar refractivity (Wildman–Crippen MR) is 73.6 cm³/mol. The van der Waals surface area contributed by atoms with E-state index in [-0.39, 0.29) is 12.1 Å². The maximum atomic E-state index is 11.0. The van der Waals surface area contributed by atoms with Crippen LogP contribution >= 0.6 is 0 Å². The first kappa shape index (κ1) is 13.5. The Labute approximate surface area is 118 Å². The molecule has 2 atom stereocenters. The van der Waals surface area contributed by atoms with Crippen LogP contribution in [0.3, 0.4) is 0 Å². The standard InChI is InChI=1S/C14H20N4O2/c19-14(20)11-3-7-18(8-4-11)13-9-12(16-17-13)10-1-5-15-6-2-10/h1-2,5-6,11-13,16-17H,3-4,7-9H2,(H,19,20). The van der Waals surface area contributed by atoms with E-state index in [0.29, 0.717) is 6.04 Å². The van der Waals surface area contributed by atoms with Gasteiger partial charge in [-0.2, -0.15) is 0 Å². The van der Waals surface area contributed by atoms with Crippen LogP contribution in [0.1, 0.15) is 30.9 Å². The van der Waals surface area contributed by atoms with Gasteiger partial charge in [0.1, 0.15) is 0 Å². The van der Waals surface area contributed by atoms with Crippen molar-refractivity contribution in [3.8, 4) is 0 Å². The van der Waals surface area contributed by atoms with Crippen LogP contribution in [-0.2, 0) is 4.79 Å². The molecule has 3 heterocycles. The average Bonchev–Trinajstić information content (AvgIpc) is 2.98. The quantitative estimate of drug-likeness (QED) is 0.756. The van der Waals surface area contributed by atoms with Crippen LogP contribution in [0, 0.1) is 5.92 Å². The fraction of sp³-hybridized carbons (Fsp3) is 0.571. The third-order valence-corrected chi connectivity index (χ3v) is 4.31. The minimum Gasteiger partial charge on any atom is -0.481 e. The van der Waals surface area contributed by atoms with Crippen molar-refractivity contribution in [1.82, 2.24) is 20.7 Å². The molecule has 2 saturated heterocycles. The van der Waals surface area contributed by atoms with Gasteiger partial charge in [0.25, 0.3) is 0 Å². The van der Waals surface area contributed by atoms with E-state index in [4.69, 9.17) is 5.11 Å². The topological polar surface area (TPSA) is 77.5 Å². The summed E-state index contributed by atoms with van der Waals surface area (Å²) in [6.45, 7) is 1.69. The van der Waals surface area contributed by atoms with Crippen LogP contribution in [-0.4, -0.2) is 40.2 Å². The largest absolute Gasteiger partial charge is 0.481 e. The zero-order valence-corrected chi connectivity index (χ0v) is 11.3. The molecule has 0 amide bonds. The fourth-order valence-electron chi connectivity index (χ4n) is 3.05. The molecule has 2 fully saturated rings. The van der Waals surface area contributed by atoms with Gasteiger partial charge in [0, 0.05) is 31.5 Å². The number of nitrogens with zero attached hydrogens (tertiary/aromatic N) is 2. The molecule has 2 unspecified atom stereocenters. The molecule has 1 aromatic heterocycles. The number of carbonyl (C=O) groups is 1. The molecule has 0 aliphatic carbocycles. The second-order valence-electron chi connectivity index (χ2n) is 5.52. The summed E-state index contributed by atoms with van der Waals surface area (Å²) in [5.41, 5.74) is 7.88. The summed E-state index contributed by atoms with van der Waals surface area (Å²) in [4.78, 5) is 17.3. The number of hydrazine groups is 1. The van der Waals surface area contributed by atoms with Crippen molar-refractivity contribution >= 4 is 5.97 Å². The fourth-order valence-corrected chi connectivity index (χ4v) is 3.05. The highest BCUT2D eigenvalue weighted by atomic mass is 16.4. The van der Waals surface area contributed by atoms with E-state index >= 15 is 0 Å². The van der Waals surface area contributed by atoms with Gasteiger partial charge in [-0.1, -0.05) is 0 Å². The van der Waals surface area contributed by atoms with Crippen LogP contribution < -0.4 is 10.9 Å². The molecular weight excluding hydrogens is 256 g/mol. The van der Waals surface area contributed by atoms with E-state index in [2.05, 4.69) is 20.7 Å². The third kappa shape index (κ3) is 2.82. The molecule has 0 spiro atoms. The highest BCUT2D eigenvalue weighted by molar-refractivity contribution is 5.70. The lowest BCUT2D eigenvalue weighted by molar-refractivity contribution is -0.143. The molecule has 1 aromatic rings. The molecule has 6 nitrogen and oxygen atoms in total. The Bertz CT molecular complexity index is 460. The summed E-state index contributed by atoms with van der Waals surface area (Å²) in [6, 6.07) is 4.34. The molecule has 108 valence electrons. The van der Waals surface area contributed by atoms with Crippen molar-refractivity contribution in [3.05, 3.63) is 30.1 Å². The molecule has 6 heteroatoms. The van der Waals surface area contributed by atoms with Gasteiger partial charge in [-0.3, -0.25) is 14.7 Å². The number of likely N-dealkylation sites (tertiary alicyclic amines) is 1. The second kappa shape index (κ2) is 5.87. The zero-order valence-electron chi connectivity index (χ0n) is 11.3. The monoisotopic (exact) mass is 276 g/mol. The van der Waals surface area contributed by atoms with Gasteiger partial charge in [0.05, 0.1) is 12.1 Å². The SMILES string of the molecule is O=C(O)C1CCN(C2CC(c3ccncc3)NN2)CC1. The molecular formula is C14H20N4O2. The van der Waals surface area contributed by atoms with Crippen molar-refractivity contribution in [3.63, 3.8) is 0 Å². The Hall–Kier alpha value is -1.50. The van der Waals surface area contributed by atoms with E-state index in [9.17, 15) is 4.79 Å². The Kier molecular flexibility index (Phi) is 3.95. The number of carboxylic acids is 1. The number of nitrogens with one attached hydrogen (secondary N) is 2. The summed E-state index contributed by atoms with van der Waals surface area (Å²) in [6.07, 6.45) is 6.37. The highest BCUT2D eigenvalue weighted by Crippen LogP contribution is 2.26. The van der Waals surface area contributed by atoms with Gasteiger partial charge in [-0.25, -0.2) is 10.9 Å². The minimum atomic E-state index is -0.656. The number of carboxylic acid groups (broad SMARTS) is 1. The number of rotatable bonds is 3. The van der Waals surface area contributed by atoms with Crippen LogP contribution in [0.4, 0.5) is 0 Å². The predicted octanol–water partition coefficient (Wildman–Crippen LogP) is 0.743. The normalized spacial score (nSPS) is 28.6. The molecule has 0 aromatic carbocycles. The summed E-state index contributed by atoms with van der Waals surface area (Å²) < 4.78 is 0. The summed E-state index contributed by atoms with van der Waals surface area (Å²) >= 11 is 0. The van der Waals surface area contributed by atoms with E-state index in [1.54, 1.807) is 0 Å². The van der Waals surface area contributed by atoms with Crippen LogP contribution in [0.15, 0.2) is 24.5 Å². The van der Waals surface area contributed by atoms with E-state index < -0.39 is 5.97 Å². The number of hydrogen-bond acceptors (Lipinski definition) is 5. The lowest BCUT2D eigenvalue weighted by Gasteiger charge is -2.34. The van der Waals surface area contributed by atoms with Crippen molar-refractivity contribution in [2.24, 2.45) is 5.92 Å². The maximum absolute atomic E-state index is 11.0. The first-order valence-electron chi connectivity index (χ1n) is 7.12. The molecule has 3 N–H and O–H groups in total. The van der Waals surface area contributed by atoms with Crippen molar-refractivity contribution in [1.29, 1.82) is 0 Å². The Morgan fingerprint density at radius 1 is 1.25 bits per heavy atom. The molecule has 3 rings (SSSR count). The lowest BCUT2D eigenvalue weighted by Crippen LogP contribution is -2.48. The number of piperidine rings is 1. The van der Waals surface area contributed by atoms with Gasteiger partial charge < -0.3 is 5.11 Å². The first-order chi connectivity index (χ1) is 9.74. The van der Waals surface area contributed by atoms with Crippen LogP contribution in [0.25, 0.3) is 0 Å². The third-order valence-electron chi connectivity index (χ3n) is 4.31. The van der Waals surface area contributed by atoms with E-state index in [1.807, 2.05) is 24.5 Å². The van der Waals surface area contributed by atoms with Crippen molar-refractivity contribution < 1.29 is 9.90 Å². The minimum absolute atomic E-state index is 0.170. The Morgan fingerprint density at radius 3 is 2.60 bits per heavy atom. The zero-order chi connectivity index (χ0) is 13.9. The molecule has 2 aliphatic rings. The maximum Gasteiger partial charge on any atom is 0.306 e. The summed E-state index contributed by atoms with van der Waals surface area (Å²) in [5, 5.41) is 9.03. The summed E-state index contributed by atoms with van der Waals surface area (Å²) in [5.74, 6) is -0.826. The molecule has 2 aliphatic heterocycles. The Balaban J connectivity index is 1.55. The van der Waals surface area contributed by atoms with Crippen molar-refractivity contribution in [2.45, 2.75) is 31.5 Å². The van der Waals surface area contributed by atoms with Gasteiger partial charge in [-0.15, -0.1) is 0 Å². The smallest absolute Gasteiger partial charge is 0.306 e. The highest BCUT2D eigenvalue weighted by Gasteiger charge is 2.33. The number of aliphatic carboxylic acids is 1. The van der Waals surface area contributed by atoms with Gasteiger partial charge >= 0.3 is 5.97 Å². The van der Waals surface area contributed by atoms with E-state index in [0.717, 1.165) is 32.4 Å². The molecule has 20 heavy (non-hydrogen) atoms. The molecule has 0 bridgehead atoms. The van der Waals surface area contributed by atoms with Gasteiger partial charge in [0.15, 0.2) is 0 Å². The first-order valence-corrected chi connectivity index (χ1v) is 7.12. The van der Waals surface area contributed by atoms with Crippen molar-refractivity contribution in [2.75, 3.05) is 13.1 Å². The Morgan fingerprint density at radius 2 is 1.95 bits per heavy atom. The average molecular weight is 276 g/mol. The van der Waals surface area contributed by atoms with Crippen LogP contribution in [0.5, 0.6) is 0 Å². The molecule has 0 radical (unpaired) electrons. The van der Waals surface area contributed by atoms with Gasteiger partial charge in [-0.05, 0) is 37.0 Å². The number of hydrogen-bond donors (Lipinski definition) is 3.